The standard InChI is InChI=1S/C9H20N2O/c1-8(12)9(2,3)11(6)7-10(4)5/h7H2,1-6H3. The van der Waals surface area contributed by atoms with Crippen LogP contribution in [0.4, 0.5) is 0 Å². The van der Waals surface area contributed by atoms with Crippen molar-refractivity contribution in [3.05, 3.63) is 0 Å². The third-order valence-electron chi connectivity index (χ3n) is 2.31. The van der Waals surface area contributed by atoms with Gasteiger partial charge in [0.15, 0.2) is 0 Å². The Morgan fingerprint density at radius 1 is 1.25 bits per heavy atom. The van der Waals surface area contributed by atoms with Gasteiger partial charge >= 0.3 is 0 Å². The molecule has 0 amide bonds. The molecule has 0 aliphatic heterocycles. The second-order valence-corrected chi connectivity index (χ2v) is 4.03. The van der Waals surface area contributed by atoms with Crippen molar-refractivity contribution < 1.29 is 4.79 Å². The average Bonchev–Trinajstić information content (AvgIpc) is 1.85. The SMILES string of the molecule is CC(=O)C(C)(C)N(C)CN(C)C. The molecule has 0 aromatic carbocycles. The van der Waals surface area contributed by atoms with Crippen LogP contribution in [0.25, 0.3) is 0 Å². The molecule has 12 heavy (non-hydrogen) atoms. The summed E-state index contributed by atoms with van der Waals surface area (Å²) in [5.41, 5.74) is -0.357. The summed E-state index contributed by atoms with van der Waals surface area (Å²) in [4.78, 5) is 15.3. The Morgan fingerprint density at radius 2 is 1.67 bits per heavy atom. The van der Waals surface area contributed by atoms with Crippen molar-refractivity contribution in [3.8, 4) is 0 Å². The lowest BCUT2D eigenvalue weighted by Crippen LogP contribution is -2.50. The molecule has 0 unspecified atom stereocenters. The minimum Gasteiger partial charge on any atom is -0.298 e. The Hall–Kier alpha value is -0.410. The van der Waals surface area contributed by atoms with Crippen molar-refractivity contribution in [1.29, 1.82) is 0 Å². The first kappa shape index (κ1) is 11.6. The third-order valence-corrected chi connectivity index (χ3v) is 2.31. The van der Waals surface area contributed by atoms with Crippen LogP contribution in [-0.2, 0) is 4.79 Å². The molecule has 0 saturated heterocycles. The average molecular weight is 172 g/mol. The monoisotopic (exact) mass is 172 g/mol. The number of Topliss-reactive ketones (excluding diaryl/α,β-unsaturated/α-hetero) is 1. The van der Waals surface area contributed by atoms with Gasteiger partial charge in [-0.3, -0.25) is 14.6 Å². The number of hydrogen-bond donors (Lipinski definition) is 0. The minimum absolute atomic E-state index is 0.201. The summed E-state index contributed by atoms with van der Waals surface area (Å²) < 4.78 is 0. The summed E-state index contributed by atoms with van der Waals surface area (Å²) in [6.07, 6.45) is 0. The van der Waals surface area contributed by atoms with Crippen molar-refractivity contribution >= 4 is 5.78 Å². The molecule has 72 valence electrons. The molecule has 0 aliphatic rings. The fourth-order valence-electron chi connectivity index (χ4n) is 0.870. The molecule has 0 radical (unpaired) electrons. The van der Waals surface area contributed by atoms with Crippen LogP contribution in [0.15, 0.2) is 0 Å². The summed E-state index contributed by atoms with van der Waals surface area (Å²) in [6.45, 7) is 6.32. The van der Waals surface area contributed by atoms with Gasteiger partial charge in [-0.05, 0) is 41.9 Å². The maximum Gasteiger partial charge on any atom is 0.149 e. The summed E-state index contributed by atoms with van der Waals surface area (Å²) in [6, 6.07) is 0. The predicted octanol–water partition coefficient (Wildman–Crippen LogP) is 0.805. The number of nitrogens with zero attached hydrogens (tertiary/aromatic N) is 2. The van der Waals surface area contributed by atoms with Crippen molar-refractivity contribution in [2.24, 2.45) is 0 Å². The number of hydrogen-bond acceptors (Lipinski definition) is 3. The number of likely N-dealkylation sites (N-methyl/N-ethyl adjacent to an activating group) is 1. The highest BCUT2D eigenvalue weighted by Crippen LogP contribution is 2.12. The Bertz CT molecular complexity index is 164. The van der Waals surface area contributed by atoms with Gasteiger partial charge in [0, 0.05) is 0 Å². The molecule has 3 nitrogen and oxygen atoms in total. The van der Waals surface area contributed by atoms with Crippen molar-refractivity contribution in [2.75, 3.05) is 27.8 Å². The van der Waals surface area contributed by atoms with Crippen LogP contribution in [0, 0.1) is 0 Å². The molecular formula is C9H20N2O. The summed E-state index contributed by atoms with van der Waals surface area (Å²) in [7, 11) is 5.95. The molecule has 0 rings (SSSR count). The minimum atomic E-state index is -0.357. The van der Waals surface area contributed by atoms with E-state index in [9.17, 15) is 4.79 Å². The lowest BCUT2D eigenvalue weighted by atomic mass is 9.99. The van der Waals surface area contributed by atoms with Crippen LogP contribution < -0.4 is 0 Å². The molecule has 0 atom stereocenters. The van der Waals surface area contributed by atoms with Crippen LogP contribution in [0.1, 0.15) is 20.8 Å². The first-order valence-electron chi connectivity index (χ1n) is 4.15. The highest BCUT2D eigenvalue weighted by Gasteiger charge is 2.28. The molecule has 0 aliphatic carbocycles. The zero-order valence-electron chi connectivity index (χ0n) is 9.01. The van der Waals surface area contributed by atoms with Crippen LogP contribution in [0.3, 0.4) is 0 Å². The van der Waals surface area contributed by atoms with Gasteiger partial charge in [0.05, 0.1) is 12.2 Å². The van der Waals surface area contributed by atoms with Crippen LogP contribution in [0.2, 0.25) is 0 Å². The largest absolute Gasteiger partial charge is 0.298 e. The predicted molar refractivity (Wildman–Crippen MR) is 51.1 cm³/mol. The second kappa shape index (κ2) is 4.01. The van der Waals surface area contributed by atoms with E-state index >= 15 is 0 Å². The number of carbonyl (C=O) groups is 1. The molecule has 3 heteroatoms. The fourth-order valence-corrected chi connectivity index (χ4v) is 0.870. The second-order valence-electron chi connectivity index (χ2n) is 4.03. The van der Waals surface area contributed by atoms with Crippen molar-refractivity contribution in [2.45, 2.75) is 26.3 Å². The van der Waals surface area contributed by atoms with E-state index in [1.165, 1.54) is 0 Å². The van der Waals surface area contributed by atoms with Gasteiger partial charge < -0.3 is 0 Å². The van der Waals surface area contributed by atoms with Crippen LogP contribution in [0.5, 0.6) is 0 Å². The van der Waals surface area contributed by atoms with Crippen LogP contribution >= 0.6 is 0 Å². The number of ketones is 1. The Kier molecular flexibility index (Phi) is 3.87. The molecule has 0 fully saturated rings. The number of rotatable bonds is 4. The van der Waals surface area contributed by atoms with E-state index in [1.807, 2.05) is 44.8 Å². The maximum absolute atomic E-state index is 11.2. The normalized spacial score (nSPS) is 12.7. The topological polar surface area (TPSA) is 23.6 Å². The zero-order valence-corrected chi connectivity index (χ0v) is 9.01. The fraction of sp³-hybridized carbons (Fsp3) is 0.889. The lowest BCUT2D eigenvalue weighted by Gasteiger charge is -2.34. The van der Waals surface area contributed by atoms with Crippen molar-refractivity contribution in [1.82, 2.24) is 9.80 Å². The molecule has 0 heterocycles. The van der Waals surface area contributed by atoms with E-state index in [0.717, 1.165) is 6.67 Å². The molecular weight excluding hydrogens is 152 g/mol. The molecule has 0 aromatic heterocycles. The Balaban J connectivity index is 4.25. The summed E-state index contributed by atoms with van der Waals surface area (Å²) >= 11 is 0. The van der Waals surface area contributed by atoms with E-state index in [2.05, 4.69) is 0 Å². The van der Waals surface area contributed by atoms with Gasteiger partial charge in [0.2, 0.25) is 0 Å². The Morgan fingerprint density at radius 3 is 1.92 bits per heavy atom. The van der Waals surface area contributed by atoms with E-state index in [-0.39, 0.29) is 11.3 Å². The maximum atomic E-state index is 11.2. The van der Waals surface area contributed by atoms with Gasteiger partial charge in [-0.25, -0.2) is 0 Å². The van der Waals surface area contributed by atoms with E-state index < -0.39 is 0 Å². The lowest BCUT2D eigenvalue weighted by molar-refractivity contribution is -0.127. The molecule has 0 N–H and O–H groups in total. The van der Waals surface area contributed by atoms with Crippen LogP contribution in [-0.4, -0.2) is 48.9 Å². The third kappa shape index (κ3) is 2.91. The summed E-state index contributed by atoms with van der Waals surface area (Å²) in [5.74, 6) is 0.201. The van der Waals surface area contributed by atoms with Gasteiger partial charge in [0.25, 0.3) is 0 Å². The molecule has 0 aromatic rings. The molecule has 0 saturated carbocycles. The number of carbonyl (C=O) groups excluding carboxylic acids is 1. The Labute approximate surface area is 75.3 Å². The molecule has 0 bridgehead atoms. The highest BCUT2D eigenvalue weighted by atomic mass is 16.1. The van der Waals surface area contributed by atoms with Gasteiger partial charge in [-0.15, -0.1) is 0 Å². The van der Waals surface area contributed by atoms with E-state index in [4.69, 9.17) is 0 Å². The van der Waals surface area contributed by atoms with Gasteiger partial charge in [0.1, 0.15) is 5.78 Å². The first-order valence-corrected chi connectivity index (χ1v) is 4.15. The quantitative estimate of drug-likeness (QED) is 0.586. The van der Waals surface area contributed by atoms with Crippen molar-refractivity contribution in [3.63, 3.8) is 0 Å². The first-order chi connectivity index (χ1) is 5.28. The van der Waals surface area contributed by atoms with Gasteiger partial charge in [-0.2, -0.15) is 0 Å². The summed E-state index contributed by atoms with van der Waals surface area (Å²) in [5, 5.41) is 0. The van der Waals surface area contributed by atoms with Gasteiger partial charge in [-0.1, -0.05) is 0 Å². The smallest absolute Gasteiger partial charge is 0.149 e. The molecule has 0 spiro atoms. The van der Waals surface area contributed by atoms with E-state index in [1.54, 1.807) is 6.92 Å². The highest BCUT2D eigenvalue weighted by molar-refractivity contribution is 5.85. The van der Waals surface area contributed by atoms with E-state index in [0.29, 0.717) is 0 Å². The zero-order chi connectivity index (χ0) is 9.94.